The molecule has 0 spiro atoms. The monoisotopic (exact) mass is 439 g/mol. The molecule has 3 aromatic rings. The molecule has 31 heavy (non-hydrogen) atoms. The Bertz CT molecular complexity index is 1050. The molecule has 2 aromatic heterocycles. The minimum absolute atomic E-state index is 0.0175. The third-order valence-electron chi connectivity index (χ3n) is 5.59. The van der Waals surface area contributed by atoms with Crippen molar-refractivity contribution in [3.05, 3.63) is 48.3 Å². The number of nitrogens with zero attached hydrogens (tertiary/aromatic N) is 4. The average molecular weight is 440 g/mol. The molecule has 1 fully saturated rings. The van der Waals surface area contributed by atoms with Crippen LogP contribution in [-0.4, -0.2) is 70.4 Å². The highest BCUT2D eigenvalue weighted by Gasteiger charge is 2.29. The summed E-state index contributed by atoms with van der Waals surface area (Å²) in [6, 6.07) is 8.91. The van der Waals surface area contributed by atoms with Gasteiger partial charge in [0.1, 0.15) is 6.04 Å². The first kappa shape index (κ1) is 21.5. The highest BCUT2D eigenvalue weighted by molar-refractivity contribution is 7.20. The van der Waals surface area contributed by atoms with Gasteiger partial charge in [-0.1, -0.05) is 25.2 Å². The first-order valence-corrected chi connectivity index (χ1v) is 11.5. The van der Waals surface area contributed by atoms with Crippen LogP contribution >= 0.6 is 11.3 Å². The lowest BCUT2D eigenvalue weighted by Crippen LogP contribution is -2.54. The number of hydrogen-bond donors (Lipinski definition) is 1. The fraction of sp³-hybridized carbons (Fsp3) is 0.435. The van der Waals surface area contributed by atoms with Crippen LogP contribution in [0.1, 0.15) is 30.6 Å². The van der Waals surface area contributed by atoms with Gasteiger partial charge in [-0.05, 0) is 49.7 Å². The maximum absolute atomic E-state index is 13.1. The van der Waals surface area contributed by atoms with Crippen molar-refractivity contribution in [3.63, 3.8) is 0 Å². The summed E-state index contributed by atoms with van der Waals surface area (Å²) in [6.45, 7) is 7.27. The number of rotatable bonds is 6. The second-order valence-electron chi connectivity index (χ2n) is 8.55. The molecule has 8 heteroatoms. The predicted molar refractivity (Wildman–Crippen MR) is 124 cm³/mol. The summed E-state index contributed by atoms with van der Waals surface area (Å²) >= 11 is 1.54. The van der Waals surface area contributed by atoms with Crippen molar-refractivity contribution in [2.45, 2.75) is 26.3 Å². The Hall–Kier alpha value is -2.71. The van der Waals surface area contributed by atoms with E-state index < -0.39 is 6.04 Å². The largest absolute Gasteiger partial charge is 0.340 e. The number of carbonyl (C=O) groups is 2. The van der Waals surface area contributed by atoms with Crippen molar-refractivity contribution in [3.8, 4) is 5.13 Å². The van der Waals surface area contributed by atoms with Crippen LogP contribution in [0.3, 0.4) is 0 Å². The van der Waals surface area contributed by atoms with Gasteiger partial charge in [0.25, 0.3) is 5.91 Å². The van der Waals surface area contributed by atoms with Crippen molar-refractivity contribution >= 4 is 33.4 Å². The Balaban J connectivity index is 1.51. The second kappa shape index (κ2) is 9.20. The molecule has 1 atom stereocenters. The highest BCUT2D eigenvalue weighted by atomic mass is 32.1. The van der Waals surface area contributed by atoms with Crippen LogP contribution in [0.4, 0.5) is 0 Å². The topological polar surface area (TPSA) is 70.5 Å². The van der Waals surface area contributed by atoms with E-state index in [0.717, 1.165) is 28.4 Å². The number of amides is 2. The van der Waals surface area contributed by atoms with Gasteiger partial charge in [0.05, 0.1) is 10.2 Å². The molecule has 1 saturated heterocycles. The molecule has 1 aromatic carbocycles. The van der Waals surface area contributed by atoms with E-state index in [-0.39, 0.29) is 11.8 Å². The molecule has 1 N–H and O–H groups in total. The van der Waals surface area contributed by atoms with E-state index in [4.69, 9.17) is 0 Å². The van der Waals surface area contributed by atoms with Crippen LogP contribution in [0.15, 0.2) is 42.7 Å². The molecule has 3 heterocycles. The minimum atomic E-state index is -0.511. The van der Waals surface area contributed by atoms with Gasteiger partial charge in [-0.15, -0.1) is 0 Å². The molecule has 0 bridgehead atoms. The molecular formula is C23H29N5O2S. The molecule has 1 aliphatic heterocycles. The van der Waals surface area contributed by atoms with Crippen molar-refractivity contribution in [1.29, 1.82) is 0 Å². The zero-order valence-electron chi connectivity index (χ0n) is 18.2. The molecule has 1 aliphatic rings. The molecule has 0 saturated carbocycles. The number of carbonyl (C=O) groups excluding carboxylic acids is 2. The molecule has 0 aliphatic carbocycles. The predicted octanol–water partition coefficient (Wildman–Crippen LogP) is 3.01. The van der Waals surface area contributed by atoms with Crippen molar-refractivity contribution < 1.29 is 9.59 Å². The standard InChI is InChI=1S/C23H29N5O2S/c1-16(2)14-19(22(30)27-12-10-26(3)11-13-27)24-21(29)17-6-7-18-20(15-17)31-23(25-18)28-8-4-5-9-28/h4-9,15-16,19H,10-14H2,1-3H3,(H,24,29)/t19-/m0/s1. The molecule has 2 amide bonds. The number of fused-ring (bicyclic) bond motifs is 1. The first-order chi connectivity index (χ1) is 14.9. The van der Waals surface area contributed by atoms with Crippen LogP contribution in [0, 0.1) is 5.92 Å². The van der Waals surface area contributed by atoms with E-state index in [2.05, 4.69) is 36.1 Å². The molecule has 0 unspecified atom stereocenters. The number of likely N-dealkylation sites (N-methyl/N-ethyl adjacent to an activating group) is 1. The lowest BCUT2D eigenvalue weighted by molar-refractivity contribution is -0.135. The van der Waals surface area contributed by atoms with Crippen LogP contribution in [0.5, 0.6) is 0 Å². The minimum Gasteiger partial charge on any atom is -0.340 e. The molecule has 0 radical (unpaired) electrons. The van der Waals surface area contributed by atoms with Gasteiger partial charge < -0.3 is 19.7 Å². The Morgan fingerprint density at radius 1 is 1.13 bits per heavy atom. The second-order valence-corrected chi connectivity index (χ2v) is 9.56. The van der Waals surface area contributed by atoms with E-state index in [1.165, 1.54) is 11.3 Å². The Kier molecular flexibility index (Phi) is 6.38. The zero-order chi connectivity index (χ0) is 22.0. The first-order valence-electron chi connectivity index (χ1n) is 10.7. The van der Waals surface area contributed by atoms with Gasteiger partial charge >= 0.3 is 0 Å². The van der Waals surface area contributed by atoms with E-state index in [1.807, 2.05) is 46.1 Å². The van der Waals surface area contributed by atoms with Crippen LogP contribution in [0.25, 0.3) is 15.3 Å². The summed E-state index contributed by atoms with van der Waals surface area (Å²) in [5.41, 5.74) is 1.41. The van der Waals surface area contributed by atoms with E-state index in [9.17, 15) is 9.59 Å². The van der Waals surface area contributed by atoms with Crippen LogP contribution in [0.2, 0.25) is 0 Å². The number of hydrogen-bond acceptors (Lipinski definition) is 5. The summed E-state index contributed by atoms with van der Waals surface area (Å²) in [7, 11) is 2.06. The van der Waals surface area contributed by atoms with E-state index >= 15 is 0 Å². The van der Waals surface area contributed by atoms with E-state index in [1.54, 1.807) is 6.07 Å². The summed E-state index contributed by atoms with van der Waals surface area (Å²) in [6.07, 6.45) is 4.52. The quantitative estimate of drug-likeness (QED) is 0.641. The Labute approximate surface area is 186 Å². The summed E-state index contributed by atoms with van der Waals surface area (Å²) in [4.78, 5) is 34.9. The number of aromatic nitrogens is 2. The van der Waals surface area contributed by atoms with Crippen molar-refractivity contribution in [2.24, 2.45) is 5.92 Å². The smallest absolute Gasteiger partial charge is 0.251 e. The van der Waals surface area contributed by atoms with Gasteiger partial charge in [0, 0.05) is 44.1 Å². The highest BCUT2D eigenvalue weighted by Crippen LogP contribution is 2.26. The Morgan fingerprint density at radius 3 is 2.52 bits per heavy atom. The van der Waals surface area contributed by atoms with Crippen LogP contribution < -0.4 is 5.32 Å². The number of piperazine rings is 1. The van der Waals surface area contributed by atoms with Gasteiger partial charge in [0.15, 0.2) is 5.13 Å². The maximum atomic E-state index is 13.1. The van der Waals surface area contributed by atoms with Crippen molar-refractivity contribution in [1.82, 2.24) is 24.7 Å². The summed E-state index contributed by atoms with van der Waals surface area (Å²) in [5, 5.41) is 3.87. The SMILES string of the molecule is CC(C)C[C@H](NC(=O)c1ccc2nc(-n3cccc3)sc2c1)C(=O)N1CCN(C)CC1. The van der Waals surface area contributed by atoms with E-state index in [0.29, 0.717) is 31.0 Å². The van der Waals surface area contributed by atoms with Gasteiger partial charge in [-0.2, -0.15) is 0 Å². The fourth-order valence-corrected chi connectivity index (χ4v) is 4.78. The zero-order valence-corrected chi connectivity index (χ0v) is 19.1. The van der Waals surface area contributed by atoms with Gasteiger partial charge in [-0.25, -0.2) is 4.98 Å². The number of benzene rings is 1. The third-order valence-corrected chi connectivity index (χ3v) is 6.62. The number of nitrogens with one attached hydrogen (secondary N) is 1. The third kappa shape index (κ3) is 4.97. The maximum Gasteiger partial charge on any atom is 0.251 e. The molecular weight excluding hydrogens is 410 g/mol. The van der Waals surface area contributed by atoms with Gasteiger partial charge in [0.2, 0.25) is 5.91 Å². The van der Waals surface area contributed by atoms with Gasteiger partial charge in [-0.3, -0.25) is 9.59 Å². The average Bonchev–Trinajstić information content (AvgIpc) is 3.42. The molecule has 4 rings (SSSR count). The summed E-state index contributed by atoms with van der Waals surface area (Å²) in [5.74, 6) is 0.102. The molecule has 164 valence electrons. The van der Waals surface area contributed by atoms with Crippen molar-refractivity contribution in [2.75, 3.05) is 33.2 Å². The molecule has 7 nitrogen and oxygen atoms in total. The van der Waals surface area contributed by atoms with Crippen LogP contribution in [-0.2, 0) is 4.79 Å². The number of thiazole rings is 1. The lowest BCUT2D eigenvalue weighted by Gasteiger charge is -2.35. The Morgan fingerprint density at radius 2 is 1.84 bits per heavy atom. The fourth-order valence-electron chi connectivity index (χ4n) is 3.81. The normalized spacial score (nSPS) is 16.1. The summed E-state index contributed by atoms with van der Waals surface area (Å²) < 4.78 is 2.90. The lowest BCUT2D eigenvalue weighted by atomic mass is 10.0.